The number of piperidine rings is 1. The molecule has 2 amide bonds. The van der Waals surface area contributed by atoms with E-state index in [9.17, 15) is 14.0 Å². The summed E-state index contributed by atoms with van der Waals surface area (Å²) in [5.74, 6) is 0.113. The van der Waals surface area contributed by atoms with E-state index in [2.05, 4.69) is 39.0 Å². The van der Waals surface area contributed by atoms with E-state index < -0.39 is 11.7 Å². The van der Waals surface area contributed by atoms with Crippen LogP contribution < -0.4 is 25.2 Å². The average molecular weight is 580 g/mol. The van der Waals surface area contributed by atoms with Crippen molar-refractivity contribution < 1.29 is 18.7 Å². The van der Waals surface area contributed by atoms with Gasteiger partial charge in [0.1, 0.15) is 11.4 Å². The van der Waals surface area contributed by atoms with Gasteiger partial charge in [0.05, 0.1) is 30.7 Å². The van der Waals surface area contributed by atoms with Crippen LogP contribution in [-0.4, -0.2) is 79.6 Å². The largest absolute Gasteiger partial charge is 0.495 e. The second kappa shape index (κ2) is 13.1. The van der Waals surface area contributed by atoms with Gasteiger partial charge in [-0.15, -0.1) is 0 Å². The van der Waals surface area contributed by atoms with Crippen LogP contribution >= 0.6 is 0 Å². The number of carbonyl (C=O) groups is 2. The van der Waals surface area contributed by atoms with Crippen molar-refractivity contribution in [1.82, 2.24) is 20.2 Å². The van der Waals surface area contributed by atoms with Gasteiger partial charge in [-0.25, -0.2) is 9.37 Å². The Bertz CT molecular complexity index is 1310. The van der Waals surface area contributed by atoms with Gasteiger partial charge in [0.15, 0.2) is 5.82 Å². The topological polar surface area (TPSA) is 103 Å². The third-order valence-electron chi connectivity index (χ3n) is 8.73. The van der Waals surface area contributed by atoms with E-state index >= 15 is 0 Å². The first kappa shape index (κ1) is 29.8. The maximum absolute atomic E-state index is 13.9. The predicted molar refractivity (Wildman–Crippen MR) is 162 cm³/mol. The molecule has 5 rings (SSSR count). The normalized spacial score (nSPS) is 20.6. The molecule has 226 valence electrons. The van der Waals surface area contributed by atoms with E-state index in [1.54, 1.807) is 38.6 Å². The molecule has 3 aliphatic rings. The number of benzene rings is 1. The Morgan fingerprint density at radius 2 is 1.88 bits per heavy atom. The number of hydrogen-bond acceptors (Lipinski definition) is 8. The molecule has 0 bridgehead atoms. The van der Waals surface area contributed by atoms with Crippen molar-refractivity contribution >= 4 is 35.0 Å². The van der Waals surface area contributed by atoms with E-state index in [-0.39, 0.29) is 30.3 Å². The van der Waals surface area contributed by atoms with Crippen molar-refractivity contribution in [1.29, 1.82) is 0 Å². The first-order valence-corrected chi connectivity index (χ1v) is 14.9. The fraction of sp³-hybridized carbons (Fsp3) is 0.548. The van der Waals surface area contributed by atoms with Crippen molar-refractivity contribution in [2.75, 3.05) is 56.0 Å². The van der Waals surface area contributed by atoms with Crippen LogP contribution in [0.1, 0.15) is 61.7 Å². The van der Waals surface area contributed by atoms with Gasteiger partial charge in [-0.3, -0.25) is 9.59 Å². The molecule has 3 heterocycles. The van der Waals surface area contributed by atoms with Gasteiger partial charge < -0.3 is 30.1 Å². The summed E-state index contributed by atoms with van der Waals surface area (Å²) in [4.78, 5) is 41.7. The van der Waals surface area contributed by atoms with Crippen LogP contribution in [-0.2, 0) is 4.79 Å². The molecule has 10 nitrogen and oxygen atoms in total. The van der Waals surface area contributed by atoms with Crippen LogP contribution in [0, 0.1) is 5.92 Å². The van der Waals surface area contributed by atoms with Gasteiger partial charge in [0.2, 0.25) is 11.9 Å². The minimum absolute atomic E-state index is 0.0200. The number of allylic oxidation sites excluding steroid dienone is 1. The highest BCUT2D eigenvalue weighted by atomic mass is 19.1. The first-order chi connectivity index (χ1) is 20.2. The lowest BCUT2D eigenvalue weighted by molar-refractivity contribution is -0.121. The van der Waals surface area contributed by atoms with Crippen LogP contribution in [0.5, 0.6) is 5.75 Å². The minimum atomic E-state index is -0.562. The first-order valence-electron chi connectivity index (χ1n) is 14.9. The Kier molecular flexibility index (Phi) is 9.25. The van der Waals surface area contributed by atoms with Crippen molar-refractivity contribution in [3.8, 4) is 5.75 Å². The molecular weight excluding hydrogens is 537 g/mol. The van der Waals surface area contributed by atoms with Gasteiger partial charge >= 0.3 is 0 Å². The molecule has 1 aliphatic carbocycles. The minimum Gasteiger partial charge on any atom is -0.495 e. The van der Waals surface area contributed by atoms with Crippen molar-refractivity contribution in [2.24, 2.45) is 5.92 Å². The van der Waals surface area contributed by atoms with E-state index in [4.69, 9.17) is 9.72 Å². The Hall–Kier alpha value is -3.73. The zero-order valence-corrected chi connectivity index (χ0v) is 24.9. The Morgan fingerprint density at radius 1 is 1.14 bits per heavy atom. The SMILES string of the molecule is C=C(F)CC1CN(C2CCCCC2)c2nc(Nc3ccc(C(=O)NC4CCN(C)CC4)cc3OC)ncc2N(C)C1=O. The van der Waals surface area contributed by atoms with E-state index in [1.165, 1.54) is 11.3 Å². The molecule has 1 saturated heterocycles. The van der Waals surface area contributed by atoms with Gasteiger partial charge in [-0.05, 0) is 64.0 Å². The quantitative estimate of drug-likeness (QED) is 0.466. The number of carbonyl (C=O) groups excluding carboxylic acids is 2. The summed E-state index contributed by atoms with van der Waals surface area (Å²) in [5, 5.41) is 6.39. The number of ether oxygens (including phenoxy) is 1. The number of amides is 2. The molecule has 2 N–H and O–H groups in total. The average Bonchev–Trinajstić information content (AvgIpc) is 3.09. The molecule has 1 atom stereocenters. The summed E-state index contributed by atoms with van der Waals surface area (Å²) in [5.41, 5.74) is 1.72. The van der Waals surface area contributed by atoms with Crippen LogP contribution in [0.15, 0.2) is 36.8 Å². The number of rotatable bonds is 8. The molecule has 2 fully saturated rings. The number of methoxy groups -OCH3 is 1. The molecule has 42 heavy (non-hydrogen) atoms. The molecule has 1 aromatic heterocycles. The molecule has 1 aromatic carbocycles. The molecular formula is C31H42FN7O3. The fourth-order valence-corrected chi connectivity index (χ4v) is 6.28. The molecule has 1 unspecified atom stereocenters. The lowest BCUT2D eigenvalue weighted by Gasteiger charge is -2.36. The number of fused-ring (bicyclic) bond motifs is 1. The Labute approximate surface area is 247 Å². The highest BCUT2D eigenvalue weighted by Gasteiger charge is 2.37. The van der Waals surface area contributed by atoms with Gasteiger partial charge in [-0.2, -0.15) is 4.98 Å². The number of anilines is 4. The highest BCUT2D eigenvalue weighted by molar-refractivity contribution is 5.99. The smallest absolute Gasteiger partial charge is 0.251 e. The highest BCUT2D eigenvalue weighted by Crippen LogP contribution is 2.38. The van der Waals surface area contributed by atoms with E-state index in [0.717, 1.165) is 51.6 Å². The van der Waals surface area contributed by atoms with Crippen LogP contribution in [0.4, 0.5) is 27.5 Å². The van der Waals surface area contributed by atoms with Crippen molar-refractivity contribution in [2.45, 2.75) is 63.5 Å². The number of nitrogens with zero attached hydrogens (tertiary/aromatic N) is 5. The van der Waals surface area contributed by atoms with E-state index in [1.807, 2.05) is 0 Å². The molecule has 1 saturated carbocycles. The standard InChI is InChI=1S/C31H42FN7O3/c1-20(32)16-22-19-39(24-8-6-5-7-9-24)28-26(38(3)30(22)41)18-33-31(36-28)35-25-11-10-21(17-27(25)42-4)29(40)34-23-12-14-37(2)15-13-23/h10-11,17-18,22-24H,1,5-9,12-16,19H2,2-4H3,(H,34,40)(H,33,35,36). The second-order valence-electron chi connectivity index (χ2n) is 11.8. The van der Waals surface area contributed by atoms with Crippen LogP contribution in [0.2, 0.25) is 0 Å². The maximum Gasteiger partial charge on any atom is 0.251 e. The van der Waals surface area contributed by atoms with E-state index in [0.29, 0.717) is 41.0 Å². The molecule has 0 radical (unpaired) electrons. The lowest BCUT2D eigenvalue weighted by Crippen LogP contribution is -2.43. The summed E-state index contributed by atoms with van der Waals surface area (Å²) < 4.78 is 19.6. The fourth-order valence-electron chi connectivity index (χ4n) is 6.28. The summed E-state index contributed by atoms with van der Waals surface area (Å²) in [6.07, 6.45) is 8.84. The zero-order chi connectivity index (χ0) is 29.8. The monoisotopic (exact) mass is 579 g/mol. The molecule has 0 spiro atoms. The molecule has 2 aliphatic heterocycles. The number of likely N-dealkylation sites (tertiary alicyclic amines) is 1. The summed E-state index contributed by atoms with van der Waals surface area (Å²) in [6.45, 7) is 5.71. The summed E-state index contributed by atoms with van der Waals surface area (Å²) >= 11 is 0. The number of hydrogen-bond donors (Lipinski definition) is 2. The van der Waals surface area contributed by atoms with Gasteiger partial charge in [0.25, 0.3) is 5.91 Å². The predicted octanol–water partition coefficient (Wildman–Crippen LogP) is 4.66. The van der Waals surface area contributed by atoms with Crippen LogP contribution in [0.3, 0.4) is 0 Å². The lowest BCUT2D eigenvalue weighted by atomic mass is 9.93. The van der Waals surface area contributed by atoms with Crippen LogP contribution in [0.25, 0.3) is 0 Å². The molecule has 2 aromatic rings. The maximum atomic E-state index is 13.9. The molecule has 11 heteroatoms. The second-order valence-corrected chi connectivity index (χ2v) is 11.8. The van der Waals surface area contributed by atoms with Gasteiger partial charge in [0, 0.05) is 37.7 Å². The summed E-state index contributed by atoms with van der Waals surface area (Å²) in [7, 11) is 5.34. The zero-order valence-electron chi connectivity index (χ0n) is 24.9. The van der Waals surface area contributed by atoms with Gasteiger partial charge in [-0.1, -0.05) is 25.8 Å². The van der Waals surface area contributed by atoms with Crippen molar-refractivity contribution in [3.63, 3.8) is 0 Å². The number of aromatic nitrogens is 2. The van der Waals surface area contributed by atoms with Crippen molar-refractivity contribution in [3.05, 3.63) is 42.4 Å². The third-order valence-corrected chi connectivity index (χ3v) is 8.73. The Morgan fingerprint density at radius 3 is 2.57 bits per heavy atom. The summed E-state index contributed by atoms with van der Waals surface area (Å²) in [6, 6.07) is 5.62. The Balaban J connectivity index is 1.39. The number of nitrogens with one attached hydrogen (secondary N) is 2. The number of halogens is 1. The third kappa shape index (κ3) is 6.67.